The van der Waals surface area contributed by atoms with E-state index in [-0.39, 0.29) is 21.5 Å². The van der Waals surface area contributed by atoms with Crippen LogP contribution in [0.3, 0.4) is 0 Å². The number of hydrogen-bond acceptors (Lipinski definition) is 3. The third kappa shape index (κ3) is 3.24. The summed E-state index contributed by atoms with van der Waals surface area (Å²) in [7, 11) is -3.87. The molecule has 0 amide bonds. The van der Waals surface area contributed by atoms with Crippen molar-refractivity contribution in [3.8, 4) is 0 Å². The highest BCUT2D eigenvalue weighted by Gasteiger charge is 2.21. The first kappa shape index (κ1) is 15.1. The van der Waals surface area contributed by atoms with Gasteiger partial charge in [-0.2, -0.15) is 0 Å². The second kappa shape index (κ2) is 6.01. The van der Waals surface area contributed by atoms with Crippen LogP contribution in [0, 0.1) is 0 Å². The molecule has 0 atom stereocenters. The monoisotopic (exact) mass is 331 g/mol. The number of anilines is 1. The van der Waals surface area contributed by atoms with Crippen molar-refractivity contribution in [3.63, 3.8) is 0 Å². The summed E-state index contributed by atoms with van der Waals surface area (Å²) in [6, 6.07) is 10.8. The van der Waals surface area contributed by atoms with Gasteiger partial charge in [0.1, 0.15) is 4.90 Å². The Bertz CT molecular complexity index is 695. The molecule has 7 heteroatoms. The Morgan fingerprint density at radius 2 is 1.55 bits per heavy atom. The number of hydrogen-bond donors (Lipinski definition) is 2. The maximum atomic E-state index is 12.3. The Labute approximate surface area is 127 Å². The highest BCUT2D eigenvalue weighted by atomic mass is 35.5. The fourth-order valence-electron chi connectivity index (χ4n) is 1.62. The number of halogens is 2. The summed E-state index contributed by atoms with van der Waals surface area (Å²) >= 11 is 11.8. The van der Waals surface area contributed by atoms with E-state index in [1.807, 2.05) is 0 Å². The van der Waals surface area contributed by atoms with Crippen LogP contribution in [0.15, 0.2) is 47.4 Å². The molecule has 0 radical (unpaired) electrons. The van der Waals surface area contributed by atoms with E-state index in [1.165, 1.54) is 12.1 Å². The van der Waals surface area contributed by atoms with Gasteiger partial charge in [-0.1, -0.05) is 41.4 Å². The molecule has 2 aromatic carbocycles. The number of rotatable bonds is 4. The average Bonchev–Trinajstić information content (AvgIpc) is 2.38. The molecular weight excluding hydrogens is 321 g/mol. The predicted octanol–water partition coefficient (Wildman–Crippen LogP) is 3.29. The average molecular weight is 332 g/mol. The Hall–Kier alpha value is -1.27. The topological polar surface area (TPSA) is 66.4 Å². The number of aliphatic hydroxyl groups excluding tert-OH is 1. The molecule has 0 heterocycles. The first-order valence-electron chi connectivity index (χ1n) is 5.60. The molecule has 0 bridgehead atoms. The standard InChI is InChI=1S/C13H11Cl2NO3S/c14-11-2-1-3-12(15)13(11)20(18,19)16-10-6-4-9(8-17)5-7-10/h1-7,16-17H,8H2. The van der Waals surface area contributed by atoms with Crippen LogP contribution in [0.4, 0.5) is 5.69 Å². The molecule has 0 aromatic heterocycles. The highest BCUT2D eigenvalue weighted by Crippen LogP contribution is 2.30. The summed E-state index contributed by atoms with van der Waals surface area (Å²) in [5, 5.41) is 9.04. The lowest BCUT2D eigenvalue weighted by molar-refractivity contribution is 0.282. The normalized spacial score (nSPS) is 11.3. The molecule has 0 aliphatic rings. The van der Waals surface area contributed by atoms with E-state index in [4.69, 9.17) is 28.3 Å². The van der Waals surface area contributed by atoms with Gasteiger partial charge in [0.15, 0.2) is 0 Å². The maximum absolute atomic E-state index is 12.3. The minimum absolute atomic E-state index is 0.0528. The van der Waals surface area contributed by atoms with Gasteiger partial charge in [-0.3, -0.25) is 4.72 Å². The highest BCUT2D eigenvalue weighted by molar-refractivity contribution is 7.93. The van der Waals surface area contributed by atoms with Crippen LogP contribution in [0.1, 0.15) is 5.56 Å². The van der Waals surface area contributed by atoms with Gasteiger partial charge in [-0.15, -0.1) is 0 Å². The van der Waals surface area contributed by atoms with E-state index in [1.54, 1.807) is 30.3 Å². The van der Waals surface area contributed by atoms with E-state index < -0.39 is 10.0 Å². The molecule has 0 unspecified atom stereocenters. The van der Waals surface area contributed by atoms with Crippen molar-refractivity contribution < 1.29 is 13.5 Å². The molecule has 106 valence electrons. The van der Waals surface area contributed by atoms with Gasteiger partial charge >= 0.3 is 0 Å². The van der Waals surface area contributed by atoms with Crippen molar-refractivity contribution >= 4 is 38.9 Å². The van der Waals surface area contributed by atoms with Crippen molar-refractivity contribution in [2.24, 2.45) is 0 Å². The largest absolute Gasteiger partial charge is 0.392 e. The fraction of sp³-hybridized carbons (Fsp3) is 0.0769. The molecule has 0 saturated carbocycles. The Kier molecular flexibility index (Phi) is 4.55. The Morgan fingerprint density at radius 3 is 2.05 bits per heavy atom. The quantitative estimate of drug-likeness (QED) is 0.903. The van der Waals surface area contributed by atoms with Crippen LogP contribution < -0.4 is 4.72 Å². The number of benzene rings is 2. The van der Waals surface area contributed by atoms with Crippen molar-refractivity contribution in [1.82, 2.24) is 0 Å². The van der Waals surface area contributed by atoms with Crippen LogP contribution in [0.5, 0.6) is 0 Å². The lowest BCUT2D eigenvalue weighted by Crippen LogP contribution is -2.14. The van der Waals surface area contributed by atoms with Crippen LogP contribution in [0.2, 0.25) is 10.0 Å². The molecular formula is C13H11Cl2NO3S. The number of nitrogens with one attached hydrogen (secondary N) is 1. The van der Waals surface area contributed by atoms with Crippen molar-refractivity contribution in [2.75, 3.05) is 4.72 Å². The molecule has 20 heavy (non-hydrogen) atoms. The van der Waals surface area contributed by atoms with E-state index >= 15 is 0 Å². The minimum atomic E-state index is -3.87. The fourth-order valence-corrected chi connectivity index (χ4v) is 3.83. The zero-order valence-electron chi connectivity index (χ0n) is 10.2. The van der Waals surface area contributed by atoms with Gasteiger partial charge in [-0.25, -0.2) is 8.42 Å². The molecule has 2 rings (SSSR count). The molecule has 0 aliphatic carbocycles. The van der Waals surface area contributed by atoms with Crippen molar-refractivity contribution in [1.29, 1.82) is 0 Å². The third-order valence-corrected chi connectivity index (χ3v) is 4.91. The molecule has 4 nitrogen and oxygen atoms in total. The van der Waals surface area contributed by atoms with Crippen molar-refractivity contribution in [3.05, 3.63) is 58.1 Å². The van der Waals surface area contributed by atoms with Gasteiger partial charge in [0.2, 0.25) is 0 Å². The molecule has 2 N–H and O–H groups in total. The second-order valence-electron chi connectivity index (χ2n) is 4.01. The summed E-state index contributed by atoms with van der Waals surface area (Å²) in [5.41, 5.74) is 1.04. The summed E-state index contributed by atoms with van der Waals surface area (Å²) in [6.07, 6.45) is 0. The Balaban J connectivity index is 2.35. The van der Waals surface area contributed by atoms with Gasteiger partial charge in [0.05, 0.1) is 16.7 Å². The lowest BCUT2D eigenvalue weighted by Gasteiger charge is -2.11. The molecule has 2 aromatic rings. The van der Waals surface area contributed by atoms with E-state index in [0.29, 0.717) is 11.3 Å². The lowest BCUT2D eigenvalue weighted by atomic mass is 10.2. The maximum Gasteiger partial charge on any atom is 0.264 e. The summed E-state index contributed by atoms with van der Waals surface area (Å²) in [4.78, 5) is -0.158. The first-order chi connectivity index (χ1) is 9.44. The zero-order chi connectivity index (χ0) is 14.8. The van der Waals surface area contributed by atoms with Crippen LogP contribution >= 0.6 is 23.2 Å². The Morgan fingerprint density at radius 1 is 1.00 bits per heavy atom. The SMILES string of the molecule is O=S(=O)(Nc1ccc(CO)cc1)c1c(Cl)cccc1Cl. The number of sulfonamides is 1. The summed E-state index contributed by atoms with van der Waals surface area (Å²) in [5.74, 6) is 0. The molecule has 0 aliphatic heterocycles. The summed E-state index contributed by atoms with van der Waals surface area (Å²) in [6.45, 7) is -0.108. The number of aliphatic hydroxyl groups is 1. The van der Waals surface area contributed by atoms with Crippen LogP contribution in [-0.4, -0.2) is 13.5 Å². The smallest absolute Gasteiger partial charge is 0.264 e. The van der Waals surface area contributed by atoms with E-state index in [9.17, 15) is 8.42 Å². The van der Waals surface area contributed by atoms with Gasteiger partial charge in [0.25, 0.3) is 10.0 Å². The van der Waals surface area contributed by atoms with Gasteiger partial charge in [-0.05, 0) is 29.8 Å². The molecule has 0 spiro atoms. The van der Waals surface area contributed by atoms with Crippen LogP contribution in [-0.2, 0) is 16.6 Å². The molecule has 0 fully saturated rings. The van der Waals surface area contributed by atoms with E-state index in [2.05, 4.69) is 4.72 Å². The second-order valence-corrected chi connectivity index (χ2v) is 6.44. The van der Waals surface area contributed by atoms with Gasteiger partial charge < -0.3 is 5.11 Å². The van der Waals surface area contributed by atoms with Crippen LogP contribution in [0.25, 0.3) is 0 Å². The third-order valence-electron chi connectivity index (χ3n) is 2.58. The van der Waals surface area contributed by atoms with Crippen molar-refractivity contribution in [2.45, 2.75) is 11.5 Å². The first-order valence-corrected chi connectivity index (χ1v) is 7.84. The van der Waals surface area contributed by atoms with E-state index in [0.717, 1.165) is 0 Å². The zero-order valence-corrected chi connectivity index (χ0v) is 12.5. The minimum Gasteiger partial charge on any atom is -0.392 e. The summed E-state index contributed by atoms with van der Waals surface area (Å²) < 4.78 is 26.9. The molecule has 0 saturated heterocycles. The van der Waals surface area contributed by atoms with Gasteiger partial charge in [0, 0.05) is 5.69 Å². The predicted molar refractivity (Wildman–Crippen MR) is 79.6 cm³/mol.